The highest BCUT2D eigenvalue weighted by Gasteiger charge is 2.31. The fourth-order valence-corrected chi connectivity index (χ4v) is 1.36. The number of aliphatic carboxylic acids is 2. The zero-order valence-electron chi connectivity index (χ0n) is 9.66. The Labute approximate surface area is 103 Å². The molecule has 0 saturated carbocycles. The van der Waals surface area contributed by atoms with E-state index in [9.17, 15) is 14.4 Å². The number of hydrogen-bond donors (Lipinski definition) is 3. The van der Waals surface area contributed by atoms with Gasteiger partial charge in [0.05, 0.1) is 5.92 Å². The summed E-state index contributed by atoms with van der Waals surface area (Å²) in [5.41, 5.74) is 0.279. The van der Waals surface area contributed by atoms with Crippen LogP contribution in [0.4, 0.5) is 0 Å². The van der Waals surface area contributed by atoms with Crippen LogP contribution in [0.1, 0.15) is 17.3 Å². The molecule has 0 aromatic heterocycles. The van der Waals surface area contributed by atoms with Crippen molar-refractivity contribution in [3.05, 3.63) is 35.9 Å². The Bertz CT molecular complexity index is 457. The third kappa shape index (κ3) is 3.31. The summed E-state index contributed by atoms with van der Waals surface area (Å²) in [5, 5.41) is 19.9. The molecule has 0 aliphatic rings. The molecule has 2 atom stereocenters. The van der Waals surface area contributed by atoms with E-state index in [4.69, 9.17) is 10.2 Å². The first-order chi connectivity index (χ1) is 8.43. The van der Waals surface area contributed by atoms with Gasteiger partial charge in [-0.15, -0.1) is 0 Å². The molecule has 3 N–H and O–H groups in total. The molecule has 1 rings (SSSR count). The van der Waals surface area contributed by atoms with Crippen molar-refractivity contribution in [2.45, 2.75) is 13.0 Å². The maximum Gasteiger partial charge on any atom is 0.327 e. The third-order valence-electron chi connectivity index (χ3n) is 2.48. The highest BCUT2D eigenvalue weighted by atomic mass is 16.4. The lowest BCUT2D eigenvalue weighted by Crippen LogP contribution is -2.47. The lowest BCUT2D eigenvalue weighted by atomic mass is 10.0. The van der Waals surface area contributed by atoms with E-state index in [1.165, 1.54) is 19.1 Å². The van der Waals surface area contributed by atoms with E-state index in [0.717, 1.165) is 0 Å². The predicted octanol–water partition coefficient (Wildman–Crippen LogP) is 0.590. The summed E-state index contributed by atoms with van der Waals surface area (Å²) >= 11 is 0. The van der Waals surface area contributed by atoms with Gasteiger partial charge in [0.2, 0.25) is 0 Å². The monoisotopic (exact) mass is 251 g/mol. The zero-order valence-corrected chi connectivity index (χ0v) is 9.66. The summed E-state index contributed by atoms with van der Waals surface area (Å²) in [6, 6.07) is 6.54. The number of carboxylic acids is 2. The van der Waals surface area contributed by atoms with Gasteiger partial charge in [0.15, 0.2) is 0 Å². The molecule has 0 heterocycles. The zero-order chi connectivity index (χ0) is 13.7. The van der Waals surface area contributed by atoms with Crippen molar-refractivity contribution in [1.82, 2.24) is 5.32 Å². The normalized spacial score (nSPS) is 13.4. The Hall–Kier alpha value is -2.37. The van der Waals surface area contributed by atoms with Crippen molar-refractivity contribution in [3.63, 3.8) is 0 Å². The average Bonchev–Trinajstić information content (AvgIpc) is 2.35. The first kappa shape index (κ1) is 13.7. The van der Waals surface area contributed by atoms with E-state index in [1.54, 1.807) is 18.2 Å². The average molecular weight is 251 g/mol. The molecule has 0 aliphatic carbocycles. The van der Waals surface area contributed by atoms with Gasteiger partial charge < -0.3 is 15.5 Å². The van der Waals surface area contributed by atoms with Gasteiger partial charge in [-0.25, -0.2) is 4.79 Å². The molecular formula is C12H13NO5. The van der Waals surface area contributed by atoms with Gasteiger partial charge in [-0.3, -0.25) is 9.59 Å². The van der Waals surface area contributed by atoms with E-state index in [1.807, 2.05) is 0 Å². The summed E-state index contributed by atoms with van der Waals surface area (Å²) < 4.78 is 0. The summed E-state index contributed by atoms with van der Waals surface area (Å²) in [6.07, 6.45) is 0. The summed E-state index contributed by atoms with van der Waals surface area (Å²) in [4.78, 5) is 33.4. The minimum atomic E-state index is -1.46. The number of carbonyl (C=O) groups excluding carboxylic acids is 1. The highest BCUT2D eigenvalue weighted by molar-refractivity contribution is 5.97. The molecule has 6 heteroatoms. The van der Waals surface area contributed by atoms with Crippen LogP contribution in [0.5, 0.6) is 0 Å². The first-order valence-corrected chi connectivity index (χ1v) is 5.25. The largest absolute Gasteiger partial charge is 0.481 e. The Balaban J connectivity index is 2.83. The highest BCUT2D eigenvalue weighted by Crippen LogP contribution is 2.06. The molecule has 0 radical (unpaired) electrons. The van der Waals surface area contributed by atoms with E-state index in [2.05, 4.69) is 5.32 Å². The van der Waals surface area contributed by atoms with Gasteiger partial charge in [0.1, 0.15) is 6.04 Å². The maximum absolute atomic E-state index is 11.7. The van der Waals surface area contributed by atoms with Gasteiger partial charge >= 0.3 is 11.9 Å². The van der Waals surface area contributed by atoms with Crippen molar-refractivity contribution in [1.29, 1.82) is 0 Å². The number of hydrogen-bond acceptors (Lipinski definition) is 3. The maximum atomic E-state index is 11.7. The van der Waals surface area contributed by atoms with E-state index in [0.29, 0.717) is 0 Å². The number of benzene rings is 1. The van der Waals surface area contributed by atoms with Crippen LogP contribution in [0.25, 0.3) is 0 Å². The first-order valence-electron chi connectivity index (χ1n) is 5.25. The lowest BCUT2D eigenvalue weighted by Gasteiger charge is -2.18. The molecule has 18 heavy (non-hydrogen) atoms. The van der Waals surface area contributed by atoms with Crippen molar-refractivity contribution in [2.24, 2.45) is 5.92 Å². The van der Waals surface area contributed by atoms with E-state index in [-0.39, 0.29) is 5.56 Å². The second-order valence-electron chi connectivity index (χ2n) is 3.78. The number of rotatable bonds is 5. The quantitative estimate of drug-likeness (QED) is 0.710. The standard InChI is InChI=1S/C12H13NO5/c1-7(11(15)16)9(12(17)18)13-10(14)8-5-3-2-4-6-8/h2-7,9H,1H3,(H,13,14)(H,15,16)(H,17,18)/t7-,9+/m0/s1. The summed E-state index contributed by atoms with van der Waals surface area (Å²) in [6.45, 7) is 1.23. The van der Waals surface area contributed by atoms with Crippen LogP contribution in [-0.2, 0) is 9.59 Å². The lowest BCUT2D eigenvalue weighted by molar-refractivity contribution is -0.149. The molecule has 96 valence electrons. The van der Waals surface area contributed by atoms with Crippen molar-refractivity contribution < 1.29 is 24.6 Å². The molecule has 6 nitrogen and oxygen atoms in total. The van der Waals surface area contributed by atoms with Gasteiger partial charge in [-0.05, 0) is 19.1 Å². The van der Waals surface area contributed by atoms with Crippen LogP contribution in [0, 0.1) is 5.92 Å². The summed E-state index contributed by atoms with van der Waals surface area (Å²) in [5.74, 6) is -4.49. The fourth-order valence-electron chi connectivity index (χ4n) is 1.36. The molecule has 0 bridgehead atoms. The minimum Gasteiger partial charge on any atom is -0.481 e. The Morgan fingerprint density at radius 1 is 1.06 bits per heavy atom. The van der Waals surface area contributed by atoms with E-state index < -0.39 is 29.8 Å². The van der Waals surface area contributed by atoms with Crippen molar-refractivity contribution in [2.75, 3.05) is 0 Å². The van der Waals surface area contributed by atoms with Crippen LogP contribution in [0.2, 0.25) is 0 Å². The molecule has 1 amide bonds. The molecule has 0 saturated heterocycles. The molecule has 1 aromatic rings. The second kappa shape index (κ2) is 5.81. The van der Waals surface area contributed by atoms with Crippen LogP contribution in [-0.4, -0.2) is 34.1 Å². The van der Waals surface area contributed by atoms with Crippen LogP contribution >= 0.6 is 0 Å². The summed E-state index contributed by atoms with van der Waals surface area (Å²) in [7, 11) is 0. The number of nitrogens with one attached hydrogen (secondary N) is 1. The van der Waals surface area contributed by atoms with Crippen LogP contribution in [0.3, 0.4) is 0 Å². The van der Waals surface area contributed by atoms with Crippen molar-refractivity contribution >= 4 is 17.8 Å². The molecule has 1 aromatic carbocycles. The smallest absolute Gasteiger partial charge is 0.327 e. The molecule has 0 spiro atoms. The van der Waals surface area contributed by atoms with Crippen LogP contribution < -0.4 is 5.32 Å². The molecule has 0 aliphatic heterocycles. The Kier molecular flexibility index (Phi) is 4.42. The number of carbonyl (C=O) groups is 3. The Morgan fingerprint density at radius 2 is 1.61 bits per heavy atom. The molecular weight excluding hydrogens is 238 g/mol. The number of amides is 1. The van der Waals surface area contributed by atoms with Gasteiger partial charge in [-0.2, -0.15) is 0 Å². The topological polar surface area (TPSA) is 104 Å². The van der Waals surface area contributed by atoms with E-state index >= 15 is 0 Å². The minimum absolute atomic E-state index is 0.279. The Morgan fingerprint density at radius 3 is 2.06 bits per heavy atom. The van der Waals surface area contributed by atoms with Gasteiger partial charge in [-0.1, -0.05) is 18.2 Å². The fraction of sp³-hybridized carbons (Fsp3) is 0.250. The van der Waals surface area contributed by atoms with Gasteiger partial charge in [0.25, 0.3) is 5.91 Å². The number of carboxylic acid groups (broad SMARTS) is 2. The second-order valence-corrected chi connectivity index (χ2v) is 3.78. The van der Waals surface area contributed by atoms with Crippen molar-refractivity contribution in [3.8, 4) is 0 Å². The predicted molar refractivity (Wildman–Crippen MR) is 62.1 cm³/mol. The molecule has 0 fully saturated rings. The third-order valence-corrected chi connectivity index (χ3v) is 2.48. The molecule has 0 unspecified atom stereocenters. The van der Waals surface area contributed by atoms with Gasteiger partial charge in [0, 0.05) is 5.56 Å². The SMILES string of the molecule is C[C@H](C(=O)O)[C@@H](NC(=O)c1ccccc1)C(=O)O. The van der Waals surface area contributed by atoms with Crippen LogP contribution in [0.15, 0.2) is 30.3 Å².